The van der Waals surface area contributed by atoms with Crippen molar-refractivity contribution in [3.05, 3.63) is 0 Å². The zero-order valence-corrected chi connectivity index (χ0v) is 8.82. The zero-order chi connectivity index (χ0) is 12.5. The first kappa shape index (κ1) is 13.7. The van der Waals surface area contributed by atoms with Gasteiger partial charge in [0, 0.05) is 0 Å². The third-order valence-corrected chi connectivity index (χ3v) is 2.62. The predicted octanol–water partition coefficient (Wildman–Crippen LogP) is -3.43. The Balaban J connectivity index is 2.85. The van der Waals surface area contributed by atoms with Crippen molar-refractivity contribution in [2.75, 3.05) is 6.61 Å². The third kappa shape index (κ3) is 3.09. The van der Waals surface area contributed by atoms with Crippen molar-refractivity contribution < 1.29 is 37.2 Å². The topological polar surface area (TPSA) is 160 Å². The molecule has 1 aliphatic rings. The Morgan fingerprint density at radius 3 is 2.38 bits per heavy atom. The van der Waals surface area contributed by atoms with Crippen LogP contribution in [0, 0.1) is 0 Å². The lowest BCUT2D eigenvalue weighted by Crippen LogP contribution is -2.63. The fourth-order valence-corrected chi connectivity index (χ4v) is 1.89. The summed E-state index contributed by atoms with van der Waals surface area (Å²) in [4.78, 5) is 0. The highest BCUT2D eigenvalue weighted by Gasteiger charge is 2.45. The summed E-state index contributed by atoms with van der Waals surface area (Å²) in [5.74, 6) is 0. The molecule has 0 aromatic rings. The molecule has 0 amide bonds. The van der Waals surface area contributed by atoms with Gasteiger partial charge in [0.05, 0.1) is 12.6 Å². The first-order valence-corrected chi connectivity index (χ1v) is 5.66. The SMILES string of the molecule is N[C@H]1C(OS(=O)(=O)O)[C@H](O)C(CO)O[C@H]1O. The number of ether oxygens (including phenoxy) is 1. The Morgan fingerprint density at radius 1 is 1.38 bits per heavy atom. The molecule has 1 rings (SSSR count). The van der Waals surface area contributed by atoms with Gasteiger partial charge in [-0.1, -0.05) is 0 Å². The lowest BCUT2D eigenvalue weighted by atomic mass is 9.98. The molecule has 96 valence electrons. The van der Waals surface area contributed by atoms with Gasteiger partial charge in [0.15, 0.2) is 6.29 Å². The van der Waals surface area contributed by atoms with Crippen LogP contribution in [-0.2, 0) is 19.3 Å². The average molecular weight is 259 g/mol. The zero-order valence-electron chi connectivity index (χ0n) is 8.00. The minimum Gasteiger partial charge on any atom is -0.394 e. The van der Waals surface area contributed by atoms with Gasteiger partial charge in [-0.25, -0.2) is 4.18 Å². The minimum absolute atomic E-state index is 0.670. The summed E-state index contributed by atoms with van der Waals surface area (Å²) in [6, 6.07) is -1.38. The first-order chi connectivity index (χ1) is 7.26. The molecular weight excluding hydrogens is 246 g/mol. The molecular formula is C6H13NO8S. The molecule has 0 aromatic heterocycles. The number of aliphatic hydroxyl groups excluding tert-OH is 3. The van der Waals surface area contributed by atoms with Gasteiger partial charge in [0.25, 0.3) is 0 Å². The highest BCUT2D eigenvalue weighted by molar-refractivity contribution is 7.80. The summed E-state index contributed by atoms with van der Waals surface area (Å²) in [6.45, 7) is -0.670. The van der Waals surface area contributed by atoms with E-state index in [1.165, 1.54) is 0 Å². The highest BCUT2D eigenvalue weighted by Crippen LogP contribution is 2.21. The van der Waals surface area contributed by atoms with Crippen molar-refractivity contribution >= 4 is 10.4 Å². The average Bonchev–Trinajstić information content (AvgIpc) is 2.17. The predicted molar refractivity (Wildman–Crippen MR) is 48.4 cm³/mol. The molecule has 0 aliphatic carbocycles. The molecule has 1 aliphatic heterocycles. The van der Waals surface area contributed by atoms with E-state index in [-0.39, 0.29) is 0 Å². The Labute approximate surface area is 91.3 Å². The van der Waals surface area contributed by atoms with E-state index in [1.807, 2.05) is 0 Å². The number of nitrogens with two attached hydrogens (primary N) is 1. The van der Waals surface area contributed by atoms with Crippen LogP contribution in [0.2, 0.25) is 0 Å². The number of aliphatic hydroxyl groups is 3. The molecule has 1 saturated heterocycles. The molecule has 10 heteroatoms. The van der Waals surface area contributed by atoms with Crippen LogP contribution in [0.15, 0.2) is 0 Å². The molecule has 0 saturated carbocycles. The maximum atomic E-state index is 10.5. The maximum Gasteiger partial charge on any atom is 0.397 e. The van der Waals surface area contributed by atoms with Gasteiger partial charge in [0.2, 0.25) is 0 Å². The van der Waals surface area contributed by atoms with Crippen LogP contribution in [0.25, 0.3) is 0 Å². The standard InChI is InChI=1S/C6H13NO8S/c7-3-5(15-16(11,12)13)4(9)2(1-8)14-6(3)10/h2-6,8-10H,1,7H2,(H,11,12,13)/t2?,3-,4+,5?,6+/m0/s1. The number of hydrogen-bond acceptors (Lipinski definition) is 8. The van der Waals surface area contributed by atoms with Crippen molar-refractivity contribution in [2.24, 2.45) is 5.73 Å². The van der Waals surface area contributed by atoms with E-state index in [4.69, 9.17) is 15.4 Å². The van der Waals surface area contributed by atoms with Gasteiger partial charge < -0.3 is 25.8 Å². The largest absolute Gasteiger partial charge is 0.397 e. The van der Waals surface area contributed by atoms with E-state index in [0.29, 0.717) is 0 Å². The fourth-order valence-electron chi connectivity index (χ4n) is 1.36. The molecule has 9 nitrogen and oxygen atoms in total. The van der Waals surface area contributed by atoms with E-state index in [2.05, 4.69) is 8.92 Å². The van der Waals surface area contributed by atoms with Crippen LogP contribution in [0.4, 0.5) is 0 Å². The second-order valence-corrected chi connectivity index (χ2v) is 4.35. The Kier molecular flexibility index (Phi) is 4.20. The maximum absolute atomic E-state index is 10.5. The van der Waals surface area contributed by atoms with Crippen LogP contribution in [0.3, 0.4) is 0 Å². The molecule has 1 heterocycles. The lowest BCUT2D eigenvalue weighted by molar-refractivity contribution is -0.244. The fraction of sp³-hybridized carbons (Fsp3) is 1.00. The molecule has 5 atom stereocenters. The highest BCUT2D eigenvalue weighted by atomic mass is 32.3. The summed E-state index contributed by atoms with van der Waals surface area (Å²) in [6.07, 6.45) is -6.06. The van der Waals surface area contributed by atoms with Crippen molar-refractivity contribution in [1.29, 1.82) is 0 Å². The second kappa shape index (κ2) is 4.89. The van der Waals surface area contributed by atoms with E-state index in [1.54, 1.807) is 0 Å². The van der Waals surface area contributed by atoms with Crippen molar-refractivity contribution in [3.8, 4) is 0 Å². The van der Waals surface area contributed by atoms with Gasteiger partial charge in [-0.15, -0.1) is 0 Å². The summed E-state index contributed by atoms with van der Waals surface area (Å²) in [5.41, 5.74) is 5.32. The van der Waals surface area contributed by atoms with Crippen molar-refractivity contribution in [1.82, 2.24) is 0 Å². The smallest absolute Gasteiger partial charge is 0.394 e. The van der Waals surface area contributed by atoms with E-state index < -0.39 is 47.6 Å². The van der Waals surface area contributed by atoms with Gasteiger partial charge in [0.1, 0.15) is 18.3 Å². The minimum atomic E-state index is -4.83. The van der Waals surface area contributed by atoms with Crippen LogP contribution in [0.5, 0.6) is 0 Å². The van der Waals surface area contributed by atoms with Gasteiger partial charge in [-0.2, -0.15) is 8.42 Å². The van der Waals surface area contributed by atoms with Crippen LogP contribution < -0.4 is 5.73 Å². The third-order valence-electron chi connectivity index (χ3n) is 2.15. The van der Waals surface area contributed by atoms with Crippen LogP contribution >= 0.6 is 0 Å². The molecule has 0 aromatic carbocycles. The van der Waals surface area contributed by atoms with E-state index >= 15 is 0 Å². The summed E-state index contributed by atoms with van der Waals surface area (Å²) in [5, 5.41) is 27.5. The molecule has 16 heavy (non-hydrogen) atoms. The summed E-state index contributed by atoms with van der Waals surface area (Å²) in [7, 11) is -4.83. The molecule has 2 unspecified atom stereocenters. The Morgan fingerprint density at radius 2 is 1.94 bits per heavy atom. The van der Waals surface area contributed by atoms with Crippen molar-refractivity contribution in [3.63, 3.8) is 0 Å². The Hall–Kier alpha value is -0.330. The molecule has 0 radical (unpaired) electrons. The van der Waals surface area contributed by atoms with Gasteiger partial charge in [-0.05, 0) is 0 Å². The normalized spacial score (nSPS) is 40.9. The molecule has 0 bridgehead atoms. The van der Waals surface area contributed by atoms with Crippen LogP contribution in [-0.4, -0.2) is 65.5 Å². The summed E-state index contributed by atoms with van der Waals surface area (Å²) < 4.78 is 38.2. The molecule has 0 spiro atoms. The van der Waals surface area contributed by atoms with E-state index in [0.717, 1.165) is 0 Å². The number of hydrogen-bond donors (Lipinski definition) is 5. The van der Waals surface area contributed by atoms with Gasteiger partial charge in [-0.3, -0.25) is 4.55 Å². The monoisotopic (exact) mass is 259 g/mol. The second-order valence-electron chi connectivity index (χ2n) is 3.30. The van der Waals surface area contributed by atoms with Crippen molar-refractivity contribution in [2.45, 2.75) is 30.6 Å². The molecule has 6 N–H and O–H groups in total. The summed E-state index contributed by atoms with van der Waals surface area (Å²) >= 11 is 0. The van der Waals surface area contributed by atoms with E-state index in [9.17, 15) is 18.6 Å². The van der Waals surface area contributed by atoms with Crippen LogP contribution in [0.1, 0.15) is 0 Å². The van der Waals surface area contributed by atoms with Gasteiger partial charge >= 0.3 is 10.4 Å². The Bertz CT molecular complexity index is 331. The quantitative estimate of drug-likeness (QED) is 0.325. The number of rotatable bonds is 3. The lowest BCUT2D eigenvalue weighted by Gasteiger charge is -2.39. The first-order valence-electron chi connectivity index (χ1n) is 4.30. The molecule has 1 fully saturated rings.